The molecule has 1 rings (SSSR count). The molecule has 0 N–H and O–H groups in total. The summed E-state index contributed by atoms with van der Waals surface area (Å²) in [6.07, 6.45) is 1.11. The van der Waals surface area contributed by atoms with Gasteiger partial charge in [0.15, 0.2) is 5.78 Å². The van der Waals surface area contributed by atoms with E-state index in [0.29, 0.717) is 10.6 Å². The predicted molar refractivity (Wildman–Crippen MR) is 53.3 cm³/mol. The first-order valence-electron chi connectivity index (χ1n) is 3.90. The lowest BCUT2D eigenvalue weighted by atomic mass is 10.2. The number of carbonyl (C=O) groups is 1. The zero-order valence-electron chi connectivity index (χ0n) is 7.85. The van der Waals surface area contributed by atoms with Gasteiger partial charge in [0, 0.05) is 12.7 Å². The lowest BCUT2D eigenvalue weighted by Gasteiger charge is -1.96. The van der Waals surface area contributed by atoms with E-state index in [1.54, 1.807) is 6.92 Å². The number of hydrogen-bond donors (Lipinski definition) is 0. The second kappa shape index (κ2) is 4.14. The predicted octanol–water partition coefficient (Wildman–Crippen LogP) is 0.464. The maximum absolute atomic E-state index is 11.4. The molecule has 0 spiro atoms. The lowest BCUT2D eigenvalue weighted by molar-refractivity contribution is 0.0992. The monoisotopic (exact) mass is 234 g/mol. The molecule has 5 nitrogen and oxygen atoms in total. The molecular formula is C7H10N2O3S2. The van der Waals surface area contributed by atoms with Crippen molar-refractivity contribution in [3.8, 4) is 0 Å². The fourth-order valence-corrected chi connectivity index (χ4v) is 2.06. The Morgan fingerprint density at radius 2 is 2.14 bits per heavy atom. The Bertz CT molecular complexity index is 436. The van der Waals surface area contributed by atoms with Crippen molar-refractivity contribution in [3.05, 3.63) is 10.6 Å². The van der Waals surface area contributed by atoms with Crippen molar-refractivity contribution in [3.63, 3.8) is 0 Å². The highest BCUT2D eigenvalue weighted by Gasteiger charge is 2.15. The Labute approximate surface area is 86.2 Å². The quantitative estimate of drug-likeness (QED) is 0.707. The summed E-state index contributed by atoms with van der Waals surface area (Å²) in [6.45, 7) is 1.68. The number of sulfone groups is 1. The van der Waals surface area contributed by atoms with Crippen molar-refractivity contribution in [2.24, 2.45) is 0 Å². The van der Waals surface area contributed by atoms with Gasteiger partial charge in [0.1, 0.15) is 14.7 Å². The summed E-state index contributed by atoms with van der Waals surface area (Å²) in [5.41, 5.74) is 0.563. The van der Waals surface area contributed by atoms with E-state index in [0.717, 1.165) is 17.8 Å². The highest BCUT2D eigenvalue weighted by atomic mass is 32.2. The van der Waals surface area contributed by atoms with Crippen LogP contribution in [0.25, 0.3) is 0 Å². The summed E-state index contributed by atoms with van der Waals surface area (Å²) in [7, 11) is -3.08. The summed E-state index contributed by atoms with van der Waals surface area (Å²) in [5, 5.41) is 3.68. The van der Waals surface area contributed by atoms with Crippen molar-refractivity contribution in [2.75, 3.05) is 12.0 Å². The zero-order chi connectivity index (χ0) is 10.8. The molecule has 0 radical (unpaired) electrons. The molecule has 0 fully saturated rings. The molecule has 0 unspecified atom stereocenters. The van der Waals surface area contributed by atoms with E-state index in [-0.39, 0.29) is 18.0 Å². The van der Waals surface area contributed by atoms with Gasteiger partial charge in [-0.15, -0.1) is 5.10 Å². The SMILES string of the molecule is Cc1nnsc1C(=O)CCS(C)(=O)=O. The molecule has 1 heterocycles. The summed E-state index contributed by atoms with van der Waals surface area (Å²) >= 11 is 1.00. The van der Waals surface area contributed by atoms with E-state index in [1.807, 2.05) is 0 Å². The topological polar surface area (TPSA) is 77.0 Å². The van der Waals surface area contributed by atoms with E-state index in [1.165, 1.54) is 0 Å². The first-order valence-corrected chi connectivity index (χ1v) is 6.73. The van der Waals surface area contributed by atoms with Gasteiger partial charge in [0.05, 0.1) is 11.4 Å². The minimum absolute atomic E-state index is 0.00352. The van der Waals surface area contributed by atoms with E-state index in [4.69, 9.17) is 0 Å². The number of nitrogens with zero attached hydrogens (tertiary/aromatic N) is 2. The van der Waals surface area contributed by atoms with Crippen LogP contribution in [0, 0.1) is 6.92 Å². The van der Waals surface area contributed by atoms with Crippen molar-refractivity contribution in [1.82, 2.24) is 9.59 Å². The first kappa shape index (κ1) is 11.3. The van der Waals surface area contributed by atoms with Crippen LogP contribution < -0.4 is 0 Å². The van der Waals surface area contributed by atoms with Crippen LogP contribution in [-0.2, 0) is 9.84 Å². The van der Waals surface area contributed by atoms with E-state index in [9.17, 15) is 13.2 Å². The summed E-state index contributed by atoms with van der Waals surface area (Å²) in [4.78, 5) is 11.9. The molecule has 0 aliphatic heterocycles. The smallest absolute Gasteiger partial charge is 0.177 e. The summed E-state index contributed by atoms with van der Waals surface area (Å²) in [6, 6.07) is 0. The van der Waals surface area contributed by atoms with Crippen LogP contribution in [0.2, 0.25) is 0 Å². The fraction of sp³-hybridized carbons (Fsp3) is 0.571. The van der Waals surface area contributed by atoms with Crippen LogP contribution in [0.15, 0.2) is 0 Å². The van der Waals surface area contributed by atoms with E-state index >= 15 is 0 Å². The number of hydrogen-bond acceptors (Lipinski definition) is 6. The van der Waals surface area contributed by atoms with Crippen LogP contribution >= 0.6 is 11.5 Å². The first-order chi connectivity index (χ1) is 6.40. The highest BCUT2D eigenvalue weighted by molar-refractivity contribution is 7.90. The lowest BCUT2D eigenvalue weighted by Crippen LogP contribution is -2.09. The van der Waals surface area contributed by atoms with Gasteiger partial charge < -0.3 is 0 Å². The number of aryl methyl sites for hydroxylation is 1. The molecule has 0 aromatic carbocycles. The van der Waals surface area contributed by atoms with Gasteiger partial charge in [-0.25, -0.2) is 8.42 Å². The summed E-state index contributed by atoms with van der Waals surface area (Å²) in [5.74, 6) is -0.327. The Morgan fingerprint density at radius 3 is 2.57 bits per heavy atom. The van der Waals surface area contributed by atoms with Crippen LogP contribution in [0.4, 0.5) is 0 Å². The van der Waals surface area contributed by atoms with Gasteiger partial charge in [-0.1, -0.05) is 4.49 Å². The van der Waals surface area contributed by atoms with Gasteiger partial charge in [-0.2, -0.15) is 0 Å². The number of Topliss-reactive ketones (excluding diaryl/α,β-unsaturated/α-hetero) is 1. The molecule has 0 amide bonds. The van der Waals surface area contributed by atoms with Crippen LogP contribution in [-0.4, -0.2) is 35.8 Å². The molecule has 14 heavy (non-hydrogen) atoms. The maximum Gasteiger partial charge on any atom is 0.177 e. The van der Waals surface area contributed by atoms with Gasteiger partial charge in [-0.05, 0) is 18.5 Å². The average Bonchev–Trinajstić information content (AvgIpc) is 2.46. The highest BCUT2D eigenvalue weighted by Crippen LogP contribution is 2.12. The van der Waals surface area contributed by atoms with Gasteiger partial charge >= 0.3 is 0 Å². The normalized spacial score (nSPS) is 11.6. The Morgan fingerprint density at radius 1 is 1.50 bits per heavy atom. The minimum Gasteiger partial charge on any atom is -0.293 e. The third-order valence-electron chi connectivity index (χ3n) is 1.60. The molecular weight excluding hydrogens is 224 g/mol. The van der Waals surface area contributed by atoms with Crippen molar-refractivity contribution in [1.29, 1.82) is 0 Å². The Kier molecular flexibility index (Phi) is 3.33. The zero-order valence-corrected chi connectivity index (χ0v) is 9.48. The molecule has 0 aliphatic rings. The second-order valence-corrected chi connectivity index (χ2v) is 6.00. The number of ketones is 1. The largest absolute Gasteiger partial charge is 0.293 e. The molecule has 1 aromatic rings. The van der Waals surface area contributed by atoms with E-state index in [2.05, 4.69) is 9.59 Å². The second-order valence-electron chi connectivity index (χ2n) is 2.99. The van der Waals surface area contributed by atoms with E-state index < -0.39 is 9.84 Å². The number of aromatic nitrogens is 2. The maximum atomic E-state index is 11.4. The Hall–Kier alpha value is -0.820. The average molecular weight is 234 g/mol. The molecule has 7 heteroatoms. The molecule has 1 aromatic heterocycles. The minimum atomic E-state index is -3.08. The molecule has 78 valence electrons. The van der Waals surface area contributed by atoms with Crippen molar-refractivity contribution >= 4 is 27.2 Å². The van der Waals surface area contributed by atoms with Crippen LogP contribution in [0.1, 0.15) is 21.8 Å². The third-order valence-corrected chi connectivity index (χ3v) is 3.42. The Balaban J connectivity index is 2.65. The summed E-state index contributed by atoms with van der Waals surface area (Å²) < 4.78 is 25.2. The van der Waals surface area contributed by atoms with Crippen LogP contribution in [0.3, 0.4) is 0 Å². The molecule has 0 bridgehead atoms. The van der Waals surface area contributed by atoms with Gasteiger partial charge in [0.25, 0.3) is 0 Å². The van der Waals surface area contributed by atoms with Crippen molar-refractivity contribution < 1.29 is 13.2 Å². The molecule has 0 saturated heterocycles. The molecule has 0 aliphatic carbocycles. The molecule has 0 atom stereocenters. The third kappa shape index (κ3) is 3.15. The fourth-order valence-electron chi connectivity index (χ4n) is 0.878. The van der Waals surface area contributed by atoms with Crippen molar-refractivity contribution in [2.45, 2.75) is 13.3 Å². The number of carbonyl (C=O) groups excluding carboxylic acids is 1. The molecule has 0 saturated carbocycles. The standard InChI is InChI=1S/C7H10N2O3S2/c1-5-7(13-9-8-5)6(10)3-4-14(2,11)12/h3-4H2,1-2H3. The van der Waals surface area contributed by atoms with Gasteiger partial charge in [0.2, 0.25) is 0 Å². The van der Waals surface area contributed by atoms with Crippen LogP contribution in [0.5, 0.6) is 0 Å². The number of rotatable bonds is 4. The van der Waals surface area contributed by atoms with Gasteiger partial charge in [-0.3, -0.25) is 4.79 Å².